The van der Waals surface area contributed by atoms with Gasteiger partial charge >= 0.3 is 6.09 Å². The van der Waals surface area contributed by atoms with E-state index in [1.165, 1.54) is 0 Å². The van der Waals surface area contributed by atoms with Crippen LogP contribution < -0.4 is 20.7 Å². The monoisotopic (exact) mass is 430 g/mol. The number of hydrogen-bond acceptors (Lipinski definition) is 5. The van der Waals surface area contributed by atoms with Crippen LogP contribution in [0.15, 0.2) is 54.6 Å². The summed E-state index contributed by atoms with van der Waals surface area (Å²) in [4.78, 5) is 28.4. The quantitative estimate of drug-likeness (QED) is 0.335. The van der Waals surface area contributed by atoms with Gasteiger partial charge in [0.2, 0.25) is 0 Å². The second-order valence-electron chi connectivity index (χ2n) is 7.21. The Balaban J connectivity index is 2.00. The molecule has 0 atom stereocenters. The lowest BCUT2D eigenvalue weighted by Gasteiger charge is -2.18. The standard InChI is InChI=1S/C24H22N4O4/c1-13-6-4-7-15-20(13)28-22-16(8-5-9-17(22)23(29)25-2)21(15)27-18-12-14(26-24(30)31)10-11-19(18)32-3/h4-12,26H,1-3H3,(H,25,29)(H,27,28)(H,30,31). The summed E-state index contributed by atoms with van der Waals surface area (Å²) in [6.07, 6.45) is -1.16. The molecule has 1 heterocycles. The van der Waals surface area contributed by atoms with Crippen molar-refractivity contribution in [1.29, 1.82) is 0 Å². The lowest BCUT2D eigenvalue weighted by Crippen LogP contribution is -2.18. The summed E-state index contributed by atoms with van der Waals surface area (Å²) in [5, 5.41) is 19.1. The first kappa shape index (κ1) is 20.9. The minimum absolute atomic E-state index is 0.229. The number of fused-ring (bicyclic) bond motifs is 2. The molecule has 0 spiro atoms. The first-order chi connectivity index (χ1) is 15.4. The molecule has 0 fully saturated rings. The third-order valence-corrected chi connectivity index (χ3v) is 5.22. The Morgan fingerprint density at radius 3 is 2.41 bits per heavy atom. The van der Waals surface area contributed by atoms with Gasteiger partial charge in [0.05, 0.1) is 35.1 Å². The molecule has 2 amide bonds. The molecule has 0 radical (unpaired) electrons. The summed E-state index contributed by atoms with van der Waals surface area (Å²) >= 11 is 0. The van der Waals surface area contributed by atoms with Gasteiger partial charge in [-0.2, -0.15) is 0 Å². The van der Waals surface area contributed by atoms with E-state index in [1.807, 2.05) is 31.2 Å². The molecule has 162 valence electrons. The van der Waals surface area contributed by atoms with Crippen molar-refractivity contribution in [3.63, 3.8) is 0 Å². The molecule has 0 saturated carbocycles. The SMILES string of the molecule is CNC(=O)c1cccc2c(Nc3cc(NC(=O)O)ccc3OC)c3cccc(C)c3nc12. The smallest absolute Gasteiger partial charge is 0.409 e. The van der Waals surface area contributed by atoms with E-state index < -0.39 is 6.09 Å². The van der Waals surface area contributed by atoms with Crippen molar-refractivity contribution in [2.24, 2.45) is 0 Å². The van der Waals surface area contributed by atoms with Crippen LogP contribution >= 0.6 is 0 Å². The molecule has 0 aliphatic rings. The van der Waals surface area contributed by atoms with Crippen molar-refractivity contribution in [2.45, 2.75) is 6.92 Å². The molecule has 1 aromatic heterocycles. The number of aryl methyl sites for hydroxylation is 1. The number of carbonyl (C=O) groups is 2. The van der Waals surface area contributed by atoms with Gasteiger partial charge in [-0.25, -0.2) is 9.78 Å². The van der Waals surface area contributed by atoms with Crippen LogP contribution in [0.5, 0.6) is 5.75 Å². The van der Waals surface area contributed by atoms with Gasteiger partial charge in [0.25, 0.3) is 5.91 Å². The molecule has 0 bridgehead atoms. The van der Waals surface area contributed by atoms with E-state index in [1.54, 1.807) is 44.5 Å². The number of nitrogens with zero attached hydrogens (tertiary/aromatic N) is 1. The number of pyridine rings is 1. The van der Waals surface area contributed by atoms with Crippen molar-refractivity contribution >= 4 is 50.9 Å². The van der Waals surface area contributed by atoms with Crippen LogP contribution in [0, 0.1) is 6.92 Å². The number of aromatic nitrogens is 1. The first-order valence-electron chi connectivity index (χ1n) is 9.92. The highest BCUT2D eigenvalue weighted by atomic mass is 16.5. The second kappa shape index (κ2) is 8.43. The fraction of sp³-hybridized carbons (Fsp3) is 0.125. The second-order valence-corrected chi connectivity index (χ2v) is 7.21. The highest BCUT2D eigenvalue weighted by molar-refractivity contribution is 6.15. The Kier molecular flexibility index (Phi) is 5.51. The third-order valence-electron chi connectivity index (χ3n) is 5.22. The molecular weight excluding hydrogens is 408 g/mol. The summed E-state index contributed by atoms with van der Waals surface area (Å²) < 4.78 is 5.49. The number of nitrogens with one attached hydrogen (secondary N) is 3. The van der Waals surface area contributed by atoms with E-state index in [4.69, 9.17) is 14.8 Å². The summed E-state index contributed by atoms with van der Waals surface area (Å²) in [5.41, 5.74) is 4.46. The molecule has 8 nitrogen and oxygen atoms in total. The normalized spacial score (nSPS) is 10.7. The predicted octanol–water partition coefficient (Wildman–Crippen LogP) is 4.90. The van der Waals surface area contributed by atoms with Crippen LogP contribution in [0.3, 0.4) is 0 Å². The number of benzene rings is 3. The molecule has 4 aromatic rings. The zero-order valence-electron chi connectivity index (χ0n) is 17.8. The summed E-state index contributed by atoms with van der Waals surface area (Å²) in [7, 11) is 3.12. The van der Waals surface area contributed by atoms with Gasteiger partial charge in [-0.05, 0) is 36.8 Å². The Bertz CT molecular complexity index is 1370. The molecular formula is C24H22N4O4. The van der Waals surface area contributed by atoms with Gasteiger partial charge in [-0.15, -0.1) is 0 Å². The topological polar surface area (TPSA) is 113 Å². The van der Waals surface area contributed by atoms with Crippen molar-refractivity contribution in [1.82, 2.24) is 10.3 Å². The van der Waals surface area contributed by atoms with Gasteiger partial charge in [0.1, 0.15) is 5.75 Å². The van der Waals surface area contributed by atoms with Crippen LogP contribution in [0.25, 0.3) is 21.8 Å². The molecule has 3 aromatic carbocycles. The molecule has 4 rings (SSSR count). The van der Waals surface area contributed by atoms with Gasteiger partial charge < -0.3 is 20.5 Å². The first-order valence-corrected chi connectivity index (χ1v) is 9.92. The van der Waals surface area contributed by atoms with E-state index in [9.17, 15) is 9.59 Å². The minimum Gasteiger partial charge on any atom is -0.495 e. The number of rotatable bonds is 5. The molecule has 8 heteroatoms. The zero-order valence-corrected chi connectivity index (χ0v) is 17.8. The van der Waals surface area contributed by atoms with Gasteiger partial charge in [0, 0.05) is 23.5 Å². The van der Waals surface area contributed by atoms with Crippen LogP contribution in [0.2, 0.25) is 0 Å². The Labute approximate surface area is 184 Å². The average molecular weight is 430 g/mol. The maximum atomic E-state index is 12.5. The number of amides is 2. The Morgan fingerprint density at radius 2 is 1.72 bits per heavy atom. The lowest BCUT2D eigenvalue weighted by atomic mass is 10.0. The molecule has 0 aliphatic carbocycles. The van der Waals surface area contributed by atoms with Crippen molar-refractivity contribution in [3.05, 3.63) is 65.7 Å². The summed E-state index contributed by atoms with van der Waals surface area (Å²) in [5.74, 6) is 0.307. The number of methoxy groups -OCH3 is 1. The van der Waals surface area contributed by atoms with Crippen LogP contribution in [0.1, 0.15) is 15.9 Å². The zero-order chi connectivity index (χ0) is 22.8. The maximum Gasteiger partial charge on any atom is 0.409 e. The third kappa shape index (κ3) is 3.74. The highest BCUT2D eigenvalue weighted by Gasteiger charge is 2.17. The number of carboxylic acid groups (broad SMARTS) is 1. The Morgan fingerprint density at radius 1 is 1.00 bits per heavy atom. The number of anilines is 3. The molecule has 0 saturated heterocycles. The number of hydrogen-bond donors (Lipinski definition) is 4. The van der Waals surface area contributed by atoms with E-state index in [-0.39, 0.29) is 5.91 Å². The highest BCUT2D eigenvalue weighted by Crippen LogP contribution is 2.38. The Hall–Kier alpha value is -4.33. The maximum absolute atomic E-state index is 12.5. The van der Waals surface area contributed by atoms with E-state index >= 15 is 0 Å². The van der Waals surface area contributed by atoms with Crippen LogP contribution in [-0.2, 0) is 0 Å². The van der Waals surface area contributed by atoms with Crippen molar-refractivity contribution in [2.75, 3.05) is 24.8 Å². The fourth-order valence-corrected chi connectivity index (χ4v) is 3.73. The lowest BCUT2D eigenvalue weighted by molar-refractivity contribution is 0.0964. The molecule has 0 aliphatic heterocycles. The van der Waals surface area contributed by atoms with Gasteiger partial charge in [0.15, 0.2) is 0 Å². The fourth-order valence-electron chi connectivity index (χ4n) is 3.73. The van der Waals surface area contributed by atoms with Crippen LogP contribution in [0.4, 0.5) is 21.9 Å². The summed E-state index contributed by atoms with van der Waals surface area (Å²) in [6, 6.07) is 16.3. The average Bonchev–Trinajstić information content (AvgIpc) is 2.78. The number of para-hydroxylation sites is 2. The van der Waals surface area contributed by atoms with Crippen LogP contribution in [-0.4, -0.2) is 36.2 Å². The van der Waals surface area contributed by atoms with Crippen molar-refractivity contribution in [3.8, 4) is 5.75 Å². The predicted molar refractivity (Wildman–Crippen MR) is 125 cm³/mol. The summed E-state index contributed by atoms with van der Waals surface area (Å²) in [6.45, 7) is 1.96. The van der Waals surface area contributed by atoms with E-state index in [0.717, 1.165) is 27.5 Å². The van der Waals surface area contributed by atoms with E-state index in [2.05, 4.69) is 16.0 Å². The molecule has 32 heavy (non-hydrogen) atoms. The largest absolute Gasteiger partial charge is 0.495 e. The minimum atomic E-state index is -1.16. The van der Waals surface area contributed by atoms with Crippen molar-refractivity contribution < 1.29 is 19.4 Å². The molecule has 4 N–H and O–H groups in total. The van der Waals surface area contributed by atoms with E-state index in [0.29, 0.717) is 28.2 Å². The number of carbonyl (C=O) groups excluding carboxylic acids is 1. The van der Waals surface area contributed by atoms with Gasteiger partial charge in [-0.1, -0.05) is 30.3 Å². The number of ether oxygens (including phenoxy) is 1. The van der Waals surface area contributed by atoms with Gasteiger partial charge in [-0.3, -0.25) is 10.1 Å². The molecule has 0 unspecified atom stereocenters.